The standard InChI is InChI=1S/C19H22N2O7S/c1-4-20(5-2)29(24,25)14-8-9-15-17(11-14)28-19(23)21(15)12-13-7-10-16(27-13)18(22)26-6-3/h7-11H,4-6,12H2,1-3H3. The molecule has 0 amide bonds. The van der Waals surface area contributed by atoms with Gasteiger partial charge in [-0.05, 0) is 31.2 Å². The number of benzene rings is 1. The normalized spacial score (nSPS) is 12.0. The molecule has 0 N–H and O–H groups in total. The van der Waals surface area contributed by atoms with E-state index in [9.17, 15) is 18.0 Å². The first-order chi connectivity index (χ1) is 13.8. The van der Waals surface area contributed by atoms with Crippen LogP contribution in [0.15, 0.2) is 48.9 Å². The van der Waals surface area contributed by atoms with E-state index in [2.05, 4.69) is 0 Å². The number of rotatable bonds is 8. The van der Waals surface area contributed by atoms with Gasteiger partial charge in [0.1, 0.15) is 5.76 Å². The first-order valence-corrected chi connectivity index (χ1v) is 10.6. The number of hydrogen-bond donors (Lipinski definition) is 0. The lowest BCUT2D eigenvalue weighted by Gasteiger charge is -2.18. The third-order valence-electron chi connectivity index (χ3n) is 4.44. The Labute approximate surface area is 167 Å². The molecule has 0 saturated carbocycles. The molecule has 0 aliphatic heterocycles. The topological polar surface area (TPSA) is 112 Å². The smallest absolute Gasteiger partial charge is 0.420 e. The van der Waals surface area contributed by atoms with Gasteiger partial charge in [0.05, 0.1) is 23.6 Å². The predicted octanol–water partition coefficient (Wildman–Crippen LogP) is 2.44. The number of carbonyl (C=O) groups is 1. The van der Waals surface area contributed by atoms with E-state index in [-0.39, 0.29) is 29.4 Å². The Morgan fingerprint density at radius 3 is 2.48 bits per heavy atom. The second kappa shape index (κ2) is 8.26. The van der Waals surface area contributed by atoms with Crippen molar-refractivity contribution < 1.29 is 26.8 Å². The van der Waals surface area contributed by atoms with Crippen molar-refractivity contribution in [2.75, 3.05) is 19.7 Å². The maximum atomic E-state index is 12.7. The summed E-state index contributed by atoms with van der Waals surface area (Å²) in [6.07, 6.45) is 0. The molecule has 0 fully saturated rings. The van der Waals surface area contributed by atoms with Crippen molar-refractivity contribution in [3.8, 4) is 0 Å². The van der Waals surface area contributed by atoms with E-state index in [1.165, 1.54) is 33.1 Å². The molecule has 156 valence electrons. The Morgan fingerprint density at radius 1 is 1.10 bits per heavy atom. The fourth-order valence-corrected chi connectivity index (χ4v) is 4.47. The summed E-state index contributed by atoms with van der Waals surface area (Å²) in [4.78, 5) is 24.1. The highest BCUT2D eigenvalue weighted by molar-refractivity contribution is 7.89. The van der Waals surface area contributed by atoms with E-state index in [1.807, 2.05) is 0 Å². The molecular formula is C19H22N2O7S. The lowest BCUT2D eigenvalue weighted by atomic mass is 10.3. The largest absolute Gasteiger partial charge is 0.460 e. The zero-order valence-corrected chi connectivity index (χ0v) is 17.2. The first kappa shape index (κ1) is 20.9. The maximum absolute atomic E-state index is 12.7. The van der Waals surface area contributed by atoms with Crippen LogP contribution in [0.5, 0.6) is 0 Å². The van der Waals surface area contributed by atoms with Gasteiger partial charge in [0.2, 0.25) is 15.8 Å². The molecule has 0 spiro atoms. The zero-order valence-electron chi connectivity index (χ0n) is 16.4. The van der Waals surface area contributed by atoms with Gasteiger partial charge in [0.15, 0.2) is 5.58 Å². The van der Waals surface area contributed by atoms with Crippen molar-refractivity contribution in [1.29, 1.82) is 0 Å². The Morgan fingerprint density at radius 2 is 1.83 bits per heavy atom. The van der Waals surface area contributed by atoms with Crippen LogP contribution in [-0.4, -0.2) is 43.0 Å². The van der Waals surface area contributed by atoms with E-state index in [0.717, 1.165) is 0 Å². The highest BCUT2D eigenvalue weighted by atomic mass is 32.2. The molecule has 3 rings (SSSR count). The van der Waals surface area contributed by atoms with Crippen molar-refractivity contribution in [2.24, 2.45) is 0 Å². The summed E-state index contributed by atoms with van der Waals surface area (Å²) in [5.41, 5.74) is 0.572. The van der Waals surface area contributed by atoms with Crippen molar-refractivity contribution in [3.05, 3.63) is 52.4 Å². The van der Waals surface area contributed by atoms with Crippen LogP contribution in [0.1, 0.15) is 37.1 Å². The molecule has 3 aromatic rings. The molecule has 9 nitrogen and oxygen atoms in total. The van der Waals surface area contributed by atoms with Gasteiger partial charge in [-0.3, -0.25) is 4.57 Å². The van der Waals surface area contributed by atoms with Crippen molar-refractivity contribution >= 4 is 27.1 Å². The Kier molecular flexibility index (Phi) is 5.94. The fourth-order valence-electron chi connectivity index (χ4n) is 3.00. The van der Waals surface area contributed by atoms with E-state index >= 15 is 0 Å². The molecule has 2 heterocycles. The summed E-state index contributed by atoms with van der Waals surface area (Å²) in [7, 11) is -3.67. The van der Waals surface area contributed by atoms with Crippen LogP contribution < -0.4 is 5.76 Å². The average Bonchev–Trinajstić information content (AvgIpc) is 3.27. The lowest BCUT2D eigenvalue weighted by Crippen LogP contribution is -2.30. The third kappa shape index (κ3) is 3.99. The Hall–Kier alpha value is -2.85. The van der Waals surface area contributed by atoms with E-state index in [4.69, 9.17) is 13.6 Å². The molecule has 10 heteroatoms. The number of carbonyl (C=O) groups excluding carboxylic acids is 1. The van der Waals surface area contributed by atoms with Crippen LogP contribution in [-0.2, 0) is 21.3 Å². The van der Waals surface area contributed by atoms with Gasteiger partial charge in [0, 0.05) is 19.2 Å². The molecule has 0 aliphatic carbocycles. The highest BCUT2D eigenvalue weighted by Crippen LogP contribution is 2.22. The van der Waals surface area contributed by atoms with Crippen LogP contribution >= 0.6 is 0 Å². The van der Waals surface area contributed by atoms with Gasteiger partial charge in [-0.1, -0.05) is 13.8 Å². The van der Waals surface area contributed by atoms with E-state index < -0.39 is 21.7 Å². The second-order valence-corrected chi connectivity index (χ2v) is 8.10. The molecule has 0 saturated heterocycles. The molecule has 29 heavy (non-hydrogen) atoms. The molecule has 2 aromatic heterocycles. The average molecular weight is 422 g/mol. The molecule has 1 aromatic carbocycles. The maximum Gasteiger partial charge on any atom is 0.420 e. The number of aromatic nitrogens is 1. The fraction of sp³-hybridized carbons (Fsp3) is 0.368. The van der Waals surface area contributed by atoms with Crippen molar-refractivity contribution in [3.63, 3.8) is 0 Å². The van der Waals surface area contributed by atoms with E-state index in [1.54, 1.807) is 26.8 Å². The monoisotopic (exact) mass is 422 g/mol. The number of fused-ring (bicyclic) bond motifs is 1. The summed E-state index contributed by atoms with van der Waals surface area (Å²) in [6.45, 7) is 6.11. The molecular weight excluding hydrogens is 400 g/mol. The van der Waals surface area contributed by atoms with Crippen LogP contribution in [0.25, 0.3) is 11.1 Å². The van der Waals surface area contributed by atoms with E-state index in [0.29, 0.717) is 24.4 Å². The quantitative estimate of drug-likeness (QED) is 0.513. The Balaban J connectivity index is 1.94. The number of ether oxygens (including phenoxy) is 1. The molecule has 0 radical (unpaired) electrons. The Bertz CT molecular complexity index is 1180. The zero-order chi connectivity index (χ0) is 21.2. The van der Waals surface area contributed by atoms with Crippen LogP contribution in [0.4, 0.5) is 0 Å². The number of nitrogens with zero attached hydrogens (tertiary/aromatic N) is 2. The second-order valence-electron chi connectivity index (χ2n) is 6.16. The predicted molar refractivity (Wildman–Crippen MR) is 104 cm³/mol. The minimum absolute atomic E-state index is 0.0212. The highest BCUT2D eigenvalue weighted by Gasteiger charge is 2.23. The van der Waals surface area contributed by atoms with Crippen LogP contribution in [0.3, 0.4) is 0 Å². The molecule has 0 atom stereocenters. The number of oxazole rings is 1. The minimum Gasteiger partial charge on any atom is -0.460 e. The SMILES string of the molecule is CCOC(=O)c1ccc(Cn2c(=O)oc3cc(S(=O)(=O)N(CC)CC)ccc32)o1. The summed E-state index contributed by atoms with van der Waals surface area (Å²) in [5, 5.41) is 0. The summed E-state index contributed by atoms with van der Waals surface area (Å²) < 4.78 is 43.5. The number of hydrogen-bond acceptors (Lipinski definition) is 7. The van der Waals surface area contributed by atoms with Crippen LogP contribution in [0, 0.1) is 0 Å². The number of esters is 1. The first-order valence-electron chi connectivity index (χ1n) is 9.21. The number of furan rings is 1. The van der Waals surface area contributed by atoms with Gasteiger partial charge in [-0.2, -0.15) is 4.31 Å². The lowest BCUT2D eigenvalue weighted by molar-refractivity contribution is 0.0488. The molecule has 0 bridgehead atoms. The van der Waals surface area contributed by atoms with Crippen molar-refractivity contribution in [1.82, 2.24) is 8.87 Å². The van der Waals surface area contributed by atoms with Gasteiger partial charge < -0.3 is 13.6 Å². The number of sulfonamides is 1. The minimum atomic E-state index is -3.67. The van der Waals surface area contributed by atoms with Gasteiger partial charge in [0.25, 0.3) is 0 Å². The summed E-state index contributed by atoms with van der Waals surface area (Å²) in [6, 6.07) is 7.33. The van der Waals surface area contributed by atoms with Crippen LogP contribution in [0.2, 0.25) is 0 Å². The van der Waals surface area contributed by atoms with Gasteiger partial charge >= 0.3 is 11.7 Å². The molecule has 0 unspecified atom stereocenters. The van der Waals surface area contributed by atoms with Gasteiger partial charge in [-0.15, -0.1) is 0 Å². The third-order valence-corrected chi connectivity index (χ3v) is 6.48. The summed E-state index contributed by atoms with van der Waals surface area (Å²) in [5.74, 6) is -0.853. The van der Waals surface area contributed by atoms with Gasteiger partial charge in [-0.25, -0.2) is 18.0 Å². The molecule has 0 aliphatic rings. The summed E-state index contributed by atoms with van der Waals surface area (Å²) >= 11 is 0. The van der Waals surface area contributed by atoms with Crippen molar-refractivity contribution in [2.45, 2.75) is 32.2 Å².